The highest BCUT2D eigenvalue weighted by atomic mass is 32.1. The van der Waals surface area contributed by atoms with E-state index < -0.39 is 0 Å². The van der Waals surface area contributed by atoms with E-state index in [-0.39, 0.29) is 11.2 Å². The Kier molecular flexibility index (Phi) is 4.17. The molecule has 0 aromatic carbocycles. The molecule has 18 heavy (non-hydrogen) atoms. The smallest absolute Gasteiger partial charge is 0.153 e. The molecule has 3 nitrogen and oxygen atoms in total. The van der Waals surface area contributed by atoms with E-state index in [2.05, 4.69) is 36.5 Å². The molecule has 0 bridgehead atoms. The van der Waals surface area contributed by atoms with Crippen LogP contribution in [0.2, 0.25) is 0 Å². The van der Waals surface area contributed by atoms with Crippen molar-refractivity contribution in [2.75, 3.05) is 13.1 Å². The summed E-state index contributed by atoms with van der Waals surface area (Å²) in [5, 5.41) is 6.24. The molecule has 100 valence electrons. The fourth-order valence-electron chi connectivity index (χ4n) is 1.71. The van der Waals surface area contributed by atoms with E-state index in [1.165, 1.54) is 12.8 Å². The molecule has 1 aliphatic carbocycles. The number of nitrogens with zero attached hydrogens (tertiary/aromatic N) is 1. The third-order valence-corrected chi connectivity index (χ3v) is 3.97. The lowest BCUT2D eigenvalue weighted by Gasteiger charge is -2.14. The van der Waals surface area contributed by atoms with Crippen molar-refractivity contribution in [2.24, 2.45) is 5.92 Å². The summed E-state index contributed by atoms with van der Waals surface area (Å²) in [7, 11) is 0. The Morgan fingerprint density at radius 1 is 1.50 bits per heavy atom. The van der Waals surface area contributed by atoms with Crippen LogP contribution in [0.15, 0.2) is 5.38 Å². The van der Waals surface area contributed by atoms with E-state index in [1.807, 2.05) is 0 Å². The quantitative estimate of drug-likeness (QED) is 0.860. The van der Waals surface area contributed by atoms with Gasteiger partial charge in [-0.2, -0.15) is 0 Å². The highest BCUT2D eigenvalue weighted by molar-refractivity contribution is 7.09. The lowest BCUT2D eigenvalue weighted by Crippen LogP contribution is -2.26. The van der Waals surface area contributed by atoms with Gasteiger partial charge in [0.2, 0.25) is 0 Å². The number of thiazole rings is 1. The van der Waals surface area contributed by atoms with Gasteiger partial charge in [0.05, 0.1) is 18.7 Å². The summed E-state index contributed by atoms with van der Waals surface area (Å²) in [5.41, 5.74) is 1.16. The van der Waals surface area contributed by atoms with Gasteiger partial charge in [0.25, 0.3) is 0 Å². The Bertz CT molecular complexity index is 416. The third kappa shape index (κ3) is 4.18. The molecule has 1 aromatic rings. The van der Waals surface area contributed by atoms with Gasteiger partial charge in [-0.1, -0.05) is 20.8 Å². The molecule has 1 heterocycles. The number of hydrogen-bond donors (Lipinski definition) is 1. The molecule has 4 heteroatoms. The summed E-state index contributed by atoms with van der Waals surface area (Å²) in [6, 6.07) is 0. The molecule has 0 atom stereocenters. The lowest BCUT2D eigenvalue weighted by molar-refractivity contribution is -0.117. The van der Waals surface area contributed by atoms with Gasteiger partial charge in [0.1, 0.15) is 5.01 Å². The number of carbonyl (C=O) groups excluding carboxylic acids is 1. The predicted octanol–water partition coefficient (Wildman–Crippen LogP) is 2.55. The van der Waals surface area contributed by atoms with Gasteiger partial charge in [0.15, 0.2) is 5.78 Å². The van der Waals surface area contributed by atoms with Crippen molar-refractivity contribution in [3.8, 4) is 0 Å². The van der Waals surface area contributed by atoms with E-state index in [0.717, 1.165) is 23.2 Å². The summed E-state index contributed by atoms with van der Waals surface area (Å²) < 4.78 is 0. The highest BCUT2D eigenvalue weighted by Crippen LogP contribution is 2.27. The van der Waals surface area contributed by atoms with Gasteiger partial charge in [-0.05, 0) is 25.3 Å². The fraction of sp³-hybridized carbons (Fsp3) is 0.714. The second-order valence-electron chi connectivity index (χ2n) is 6.17. The number of nitrogens with one attached hydrogen (secondary N) is 1. The van der Waals surface area contributed by atoms with Crippen molar-refractivity contribution in [1.82, 2.24) is 10.3 Å². The number of rotatable bonds is 6. The SMILES string of the molecule is CC(C)(C)c1csc(CC(=O)CNCC2CC2)n1. The summed E-state index contributed by atoms with van der Waals surface area (Å²) in [6.45, 7) is 7.92. The van der Waals surface area contributed by atoms with Crippen molar-refractivity contribution in [2.45, 2.75) is 45.4 Å². The standard InChI is InChI=1S/C14H22N2OS/c1-14(2,3)12-9-18-13(16-12)6-11(17)8-15-7-10-4-5-10/h9-10,15H,4-8H2,1-3H3. The zero-order valence-electron chi connectivity index (χ0n) is 11.5. The largest absolute Gasteiger partial charge is 0.310 e. The molecular formula is C14H22N2OS. The van der Waals surface area contributed by atoms with E-state index in [4.69, 9.17) is 0 Å². The predicted molar refractivity (Wildman–Crippen MR) is 75.1 cm³/mol. The Balaban J connectivity index is 1.77. The maximum absolute atomic E-state index is 11.8. The van der Waals surface area contributed by atoms with Crippen LogP contribution in [-0.2, 0) is 16.6 Å². The van der Waals surface area contributed by atoms with Crippen LogP contribution in [0.1, 0.15) is 44.3 Å². The van der Waals surface area contributed by atoms with Crippen LogP contribution in [0.25, 0.3) is 0 Å². The van der Waals surface area contributed by atoms with Gasteiger partial charge in [-0.25, -0.2) is 4.98 Å². The first-order valence-electron chi connectivity index (χ1n) is 6.62. The molecule has 1 saturated carbocycles. The van der Waals surface area contributed by atoms with E-state index in [9.17, 15) is 4.79 Å². The van der Waals surface area contributed by atoms with Crippen LogP contribution in [0.3, 0.4) is 0 Å². The van der Waals surface area contributed by atoms with Crippen LogP contribution < -0.4 is 5.32 Å². The molecule has 0 aliphatic heterocycles. The minimum atomic E-state index is 0.0714. The Morgan fingerprint density at radius 2 is 2.22 bits per heavy atom. The van der Waals surface area contributed by atoms with Crippen molar-refractivity contribution in [3.63, 3.8) is 0 Å². The summed E-state index contributed by atoms with van der Waals surface area (Å²) in [5.74, 6) is 1.07. The zero-order chi connectivity index (χ0) is 13.2. The van der Waals surface area contributed by atoms with E-state index >= 15 is 0 Å². The van der Waals surface area contributed by atoms with Crippen LogP contribution >= 0.6 is 11.3 Å². The number of carbonyl (C=O) groups is 1. The topological polar surface area (TPSA) is 42.0 Å². The molecule has 0 spiro atoms. The van der Waals surface area contributed by atoms with Crippen molar-refractivity contribution in [1.29, 1.82) is 0 Å². The third-order valence-electron chi connectivity index (χ3n) is 3.12. The highest BCUT2D eigenvalue weighted by Gasteiger charge is 2.21. The monoisotopic (exact) mass is 266 g/mol. The zero-order valence-corrected chi connectivity index (χ0v) is 12.3. The Hall–Kier alpha value is -0.740. The van der Waals surface area contributed by atoms with Crippen LogP contribution in [0, 0.1) is 5.92 Å². The van der Waals surface area contributed by atoms with Crippen LogP contribution in [0.4, 0.5) is 0 Å². The second-order valence-corrected chi connectivity index (χ2v) is 7.11. The maximum atomic E-state index is 11.8. The molecule has 0 amide bonds. The molecule has 0 unspecified atom stereocenters. The molecule has 1 fully saturated rings. The fourth-order valence-corrected chi connectivity index (χ4v) is 2.75. The first kappa shape index (κ1) is 13.7. The van der Waals surface area contributed by atoms with Crippen molar-refractivity contribution in [3.05, 3.63) is 16.1 Å². The van der Waals surface area contributed by atoms with Gasteiger partial charge in [-0.3, -0.25) is 4.79 Å². The number of aromatic nitrogens is 1. The first-order valence-corrected chi connectivity index (χ1v) is 7.50. The van der Waals surface area contributed by atoms with Gasteiger partial charge < -0.3 is 5.32 Å². The van der Waals surface area contributed by atoms with Gasteiger partial charge in [-0.15, -0.1) is 11.3 Å². The molecule has 0 saturated heterocycles. The normalized spacial score (nSPS) is 15.9. The molecule has 1 aliphatic rings. The minimum Gasteiger partial charge on any atom is -0.310 e. The van der Waals surface area contributed by atoms with Crippen molar-refractivity contribution >= 4 is 17.1 Å². The first-order chi connectivity index (χ1) is 8.45. The second kappa shape index (κ2) is 5.49. The van der Waals surface area contributed by atoms with Gasteiger partial charge >= 0.3 is 0 Å². The number of ketones is 1. The van der Waals surface area contributed by atoms with Crippen LogP contribution in [-0.4, -0.2) is 23.9 Å². The van der Waals surface area contributed by atoms with Crippen LogP contribution in [0.5, 0.6) is 0 Å². The Labute approximate surface area is 113 Å². The Morgan fingerprint density at radius 3 is 2.78 bits per heavy atom. The average Bonchev–Trinajstić information content (AvgIpc) is 2.94. The minimum absolute atomic E-state index is 0.0714. The number of hydrogen-bond acceptors (Lipinski definition) is 4. The van der Waals surface area contributed by atoms with E-state index in [0.29, 0.717) is 13.0 Å². The number of Topliss-reactive ketones (excluding diaryl/α,β-unsaturated/α-hetero) is 1. The summed E-state index contributed by atoms with van der Waals surface area (Å²) >= 11 is 1.60. The maximum Gasteiger partial charge on any atom is 0.153 e. The molecule has 1 aromatic heterocycles. The lowest BCUT2D eigenvalue weighted by atomic mass is 9.93. The molecule has 1 N–H and O–H groups in total. The molecular weight excluding hydrogens is 244 g/mol. The molecule has 0 radical (unpaired) electrons. The average molecular weight is 266 g/mol. The van der Waals surface area contributed by atoms with E-state index in [1.54, 1.807) is 11.3 Å². The van der Waals surface area contributed by atoms with Gasteiger partial charge in [0, 0.05) is 10.8 Å². The molecule has 2 rings (SSSR count). The summed E-state index contributed by atoms with van der Waals surface area (Å²) in [4.78, 5) is 16.3. The summed E-state index contributed by atoms with van der Waals surface area (Å²) in [6.07, 6.45) is 3.11. The van der Waals surface area contributed by atoms with Crippen molar-refractivity contribution < 1.29 is 4.79 Å².